The average molecular weight is 411 g/mol. The van der Waals surface area contributed by atoms with Crippen molar-refractivity contribution in [2.45, 2.75) is 90.6 Å². The fourth-order valence-corrected chi connectivity index (χ4v) is 3.66. The molecule has 3 nitrogen and oxygen atoms in total. The molecule has 0 radical (unpaired) electrons. The maximum atomic E-state index is 12.4. The van der Waals surface area contributed by atoms with Crippen LogP contribution in [0.2, 0.25) is 0 Å². The highest BCUT2D eigenvalue weighted by Crippen LogP contribution is 2.26. The van der Waals surface area contributed by atoms with Crippen molar-refractivity contribution < 1.29 is 14.6 Å². The number of hydrogen-bond donors (Lipinski definition) is 1. The first-order chi connectivity index (χ1) is 14.7. The monoisotopic (exact) mass is 410 g/mol. The van der Waals surface area contributed by atoms with E-state index < -0.39 is 0 Å². The molecule has 0 atom stereocenters. The summed E-state index contributed by atoms with van der Waals surface area (Å²) in [6, 6.07) is 14.9. The summed E-state index contributed by atoms with van der Waals surface area (Å²) in [6.45, 7) is 2.69. The van der Waals surface area contributed by atoms with Crippen LogP contribution in [0.25, 0.3) is 0 Å². The average Bonchev–Trinajstić information content (AvgIpc) is 2.76. The number of ether oxygens (including phenoxy) is 1. The molecule has 164 valence electrons. The lowest BCUT2D eigenvalue weighted by molar-refractivity contribution is 0.0976. The van der Waals surface area contributed by atoms with E-state index in [2.05, 4.69) is 6.92 Å². The molecule has 0 heterocycles. The summed E-state index contributed by atoms with van der Waals surface area (Å²) >= 11 is 0. The number of carbonyl (C=O) groups excluding carboxylic acids is 1. The van der Waals surface area contributed by atoms with E-state index in [1.54, 1.807) is 12.1 Å². The zero-order valence-electron chi connectivity index (χ0n) is 18.6. The Hall–Kier alpha value is -2.29. The molecule has 0 aliphatic carbocycles. The predicted octanol–water partition coefficient (Wildman–Crippen LogP) is 7.86. The first-order valence-electron chi connectivity index (χ1n) is 11.7. The lowest BCUT2D eigenvalue weighted by atomic mass is 10.0. The molecule has 0 saturated heterocycles. The van der Waals surface area contributed by atoms with Gasteiger partial charge in [0.2, 0.25) is 0 Å². The quantitative estimate of drug-likeness (QED) is 0.226. The molecule has 0 aliphatic rings. The van der Waals surface area contributed by atoms with Gasteiger partial charge in [-0.1, -0.05) is 101 Å². The minimum Gasteiger partial charge on any atom is -0.507 e. The van der Waals surface area contributed by atoms with Gasteiger partial charge in [-0.15, -0.1) is 0 Å². The third-order valence-electron chi connectivity index (χ3n) is 5.53. The topological polar surface area (TPSA) is 46.5 Å². The van der Waals surface area contributed by atoms with E-state index in [9.17, 15) is 9.90 Å². The summed E-state index contributed by atoms with van der Waals surface area (Å²) < 4.78 is 5.71. The van der Waals surface area contributed by atoms with Crippen LogP contribution < -0.4 is 4.74 Å². The third-order valence-corrected chi connectivity index (χ3v) is 5.53. The van der Waals surface area contributed by atoms with Gasteiger partial charge < -0.3 is 9.84 Å². The first kappa shape index (κ1) is 24.0. The van der Waals surface area contributed by atoms with Gasteiger partial charge in [0.25, 0.3) is 0 Å². The summed E-state index contributed by atoms with van der Waals surface area (Å²) in [6.07, 6.45) is 14.4. The van der Waals surface area contributed by atoms with E-state index in [1.807, 2.05) is 30.3 Å². The molecule has 0 spiro atoms. The summed E-state index contributed by atoms with van der Waals surface area (Å²) in [7, 11) is 0. The summed E-state index contributed by atoms with van der Waals surface area (Å²) in [5, 5.41) is 10.2. The number of ketones is 1. The standard InChI is InChI=1S/C27H38O3/c1-2-3-4-5-6-7-8-9-10-11-15-18-26(28)25-20-19-24(21-27(25)29)30-22-23-16-13-12-14-17-23/h12-14,16-17,19-21,29H,2-11,15,18,22H2,1H3. The largest absolute Gasteiger partial charge is 0.507 e. The number of phenolic OH excluding ortho intramolecular Hbond substituents is 1. The molecular formula is C27H38O3. The van der Waals surface area contributed by atoms with Crippen LogP contribution in [-0.4, -0.2) is 10.9 Å². The zero-order chi connectivity index (χ0) is 21.4. The molecule has 2 aromatic rings. The second-order valence-corrected chi connectivity index (χ2v) is 8.16. The highest BCUT2D eigenvalue weighted by atomic mass is 16.5. The Kier molecular flexibility index (Phi) is 11.7. The highest BCUT2D eigenvalue weighted by molar-refractivity contribution is 5.98. The minimum atomic E-state index is 0.00800. The van der Waals surface area contributed by atoms with Crippen LogP contribution in [0.3, 0.4) is 0 Å². The van der Waals surface area contributed by atoms with Crippen molar-refractivity contribution in [3.63, 3.8) is 0 Å². The van der Waals surface area contributed by atoms with E-state index in [1.165, 1.54) is 63.9 Å². The van der Waals surface area contributed by atoms with E-state index in [-0.39, 0.29) is 11.5 Å². The molecule has 2 rings (SSSR count). The Bertz CT molecular complexity index is 724. The van der Waals surface area contributed by atoms with Gasteiger partial charge in [0.15, 0.2) is 5.78 Å². The number of rotatable bonds is 16. The van der Waals surface area contributed by atoms with E-state index in [0.717, 1.165) is 18.4 Å². The Balaban J connectivity index is 1.60. The molecule has 0 fully saturated rings. The Morgan fingerprint density at radius 2 is 1.40 bits per heavy atom. The van der Waals surface area contributed by atoms with E-state index in [0.29, 0.717) is 24.3 Å². The van der Waals surface area contributed by atoms with Gasteiger partial charge in [-0.3, -0.25) is 4.79 Å². The van der Waals surface area contributed by atoms with Crippen molar-refractivity contribution in [1.82, 2.24) is 0 Å². The van der Waals surface area contributed by atoms with Gasteiger partial charge in [0.05, 0.1) is 5.56 Å². The Morgan fingerprint density at radius 1 is 0.800 bits per heavy atom. The normalized spacial score (nSPS) is 10.8. The maximum absolute atomic E-state index is 12.4. The molecule has 0 aromatic heterocycles. The molecule has 3 heteroatoms. The molecule has 0 bridgehead atoms. The number of carbonyl (C=O) groups is 1. The fourth-order valence-electron chi connectivity index (χ4n) is 3.66. The van der Waals surface area contributed by atoms with Crippen molar-refractivity contribution in [1.29, 1.82) is 0 Å². The Labute approximate surface area is 182 Å². The SMILES string of the molecule is CCCCCCCCCCCCCC(=O)c1ccc(OCc2ccccc2)cc1O. The lowest BCUT2D eigenvalue weighted by Crippen LogP contribution is -2.01. The molecular weight excluding hydrogens is 372 g/mol. The smallest absolute Gasteiger partial charge is 0.166 e. The molecule has 1 N–H and O–H groups in total. The van der Waals surface area contributed by atoms with Crippen LogP contribution in [-0.2, 0) is 6.61 Å². The van der Waals surface area contributed by atoms with Crippen molar-refractivity contribution in [3.05, 3.63) is 59.7 Å². The molecule has 0 aliphatic heterocycles. The molecule has 30 heavy (non-hydrogen) atoms. The molecule has 2 aromatic carbocycles. The molecule has 0 saturated carbocycles. The van der Waals surface area contributed by atoms with Crippen LogP contribution in [0.15, 0.2) is 48.5 Å². The summed E-state index contributed by atoms with van der Waals surface area (Å²) in [5.41, 5.74) is 1.46. The van der Waals surface area contributed by atoms with Gasteiger partial charge in [0, 0.05) is 12.5 Å². The van der Waals surface area contributed by atoms with Crippen molar-refractivity contribution in [2.75, 3.05) is 0 Å². The van der Waals surface area contributed by atoms with Crippen LogP contribution in [0.4, 0.5) is 0 Å². The van der Waals surface area contributed by atoms with Crippen molar-refractivity contribution in [2.24, 2.45) is 0 Å². The zero-order valence-corrected chi connectivity index (χ0v) is 18.6. The van der Waals surface area contributed by atoms with Crippen molar-refractivity contribution in [3.8, 4) is 11.5 Å². The van der Waals surface area contributed by atoms with E-state index >= 15 is 0 Å². The number of phenols is 1. The second kappa shape index (κ2) is 14.7. The van der Waals surface area contributed by atoms with Crippen molar-refractivity contribution >= 4 is 5.78 Å². The van der Waals surface area contributed by atoms with Gasteiger partial charge in [0.1, 0.15) is 18.1 Å². The number of aromatic hydroxyl groups is 1. The number of hydrogen-bond acceptors (Lipinski definition) is 3. The number of benzene rings is 2. The lowest BCUT2D eigenvalue weighted by Gasteiger charge is -2.09. The minimum absolute atomic E-state index is 0.00800. The van der Waals surface area contributed by atoms with Crippen LogP contribution in [0.5, 0.6) is 11.5 Å². The van der Waals surface area contributed by atoms with Crippen LogP contribution >= 0.6 is 0 Å². The Morgan fingerprint density at radius 3 is 2.00 bits per heavy atom. The van der Waals surface area contributed by atoms with Crippen LogP contribution in [0.1, 0.15) is 99.9 Å². The third kappa shape index (κ3) is 9.47. The van der Waals surface area contributed by atoms with Gasteiger partial charge in [-0.2, -0.15) is 0 Å². The highest BCUT2D eigenvalue weighted by Gasteiger charge is 2.12. The van der Waals surface area contributed by atoms with Gasteiger partial charge >= 0.3 is 0 Å². The number of unbranched alkanes of at least 4 members (excludes halogenated alkanes) is 10. The number of Topliss-reactive ketones (excluding diaryl/α,β-unsaturated/α-hetero) is 1. The molecule has 0 amide bonds. The van der Waals surface area contributed by atoms with Gasteiger partial charge in [-0.25, -0.2) is 0 Å². The van der Waals surface area contributed by atoms with Crippen LogP contribution in [0, 0.1) is 0 Å². The first-order valence-corrected chi connectivity index (χ1v) is 11.7. The second-order valence-electron chi connectivity index (χ2n) is 8.16. The summed E-state index contributed by atoms with van der Waals surface area (Å²) in [5.74, 6) is 0.592. The van der Waals surface area contributed by atoms with Gasteiger partial charge in [-0.05, 0) is 24.1 Å². The fraction of sp³-hybridized carbons (Fsp3) is 0.519. The summed E-state index contributed by atoms with van der Waals surface area (Å²) in [4.78, 5) is 12.4. The van der Waals surface area contributed by atoms with E-state index in [4.69, 9.17) is 4.74 Å². The molecule has 0 unspecified atom stereocenters. The maximum Gasteiger partial charge on any atom is 0.166 e. The predicted molar refractivity (Wildman–Crippen MR) is 124 cm³/mol.